The van der Waals surface area contributed by atoms with Gasteiger partial charge in [0.2, 0.25) is 5.82 Å². The highest BCUT2D eigenvalue weighted by Crippen LogP contribution is 2.29. The molecule has 3 rings (SSSR count). The topological polar surface area (TPSA) is 85.2 Å². The number of rotatable bonds is 3. The summed E-state index contributed by atoms with van der Waals surface area (Å²) in [6, 6.07) is 6.10. The van der Waals surface area contributed by atoms with E-state index >= 15 is 0 Å². The van der Waals surface area contributed by atoms with Gasteiger partial charge in [0.25, 0.3) is 5.91 Å². The van der Waals surface area contributed by atoms with E-state index in [4.69, 9.17) is 5.73 Å². The van der Waals surface area contributed by atoms with E-state index in [2.05, 4.69) is 14.7 Å². The van der Waals surface area contributed by atoms with Crippen LogP contribution >= 0.6 is 0 Å². The number of likely N-dealkylation sites (tertiary alicyclic amines) is 1. The number of nitrogens with two attached hydrogens (primary N) is 1. The summed E-state index contributed by atoms with van der Waals surface area (Å²) in [7, 11) is 0. The van der Waals surface area contributed by atoms with Gasteiger partial charge in [-0.15, -0.1) is 0 Å². The smallest absolute Gasteiger partial charge is 0.338 e. The Morgan fingerprint density at radius 3 is 2.64 bits per heavy atom. The first kappa shape index (κ1) is 17.4. The molecule has 1 amide bonds. The van der Waals surface area contributed by atoms with Crippen LogP contribution in [0, 0.1) is 5.92 Å². The second-order valence-electron chi connectivity index (χ2n) is 5.99. The molecular weight excluding hydrogens is 337 g/mol. The Balaban J connectivity index is 1.73. The number of aromatic nitrogens is 2. The van der Waals surface area contributed by atoms with E-state index < -0.39 is 12.1 Å². The summed E-state index contributed by atoms with van der Waals surface area (Å²) in [5.74, 6) is -1.39. The average Bonchev–Trinajstić information content (AvgIpc) is 3.12. The summed E-state index contributed by atoms with van der Waals surface area (Å²) in [6.07, 6.45) is -2.76. The van der Waals surface area contributed by atoms with E-state index in [1.54, 1.807) is 17.0 Å². The summed E-state index contributed by atoms with van der Waals surface area (Å²) in [6.45, 7) is 1.84. The Bertz CT molecular complexity index is 743. The maximum atomic E-state index is 12.5. The van der Waals surface area contributed by atoms with Gasteiger partial charge in [-0.05, 0) is 37.4 Å². The van der Waals surface area contributed by atoms with E-state index in [-0.39, 0.29) is 11.7 Å². The number of alkyl halides is 3. The molecule has 2 aromatic rings. The Morgan fingerprint density at radius 2 is 2.04 bits per heavy atom. The van der Waals surface area contributed by atoms with Crippen LogP contribution in [-0.4, -0.2) is 40.6 Å². The number of piperidine rings is 1. The monoisotopic (exact) mass is 354 g/mol. The lowest BCUT2D eigenvalue weighted by Crippen LogP contribution is -2.42. The normalized spacial score (nSPS) is 18.4. The van der Waals surface area contributed by atoms with Crippen LogP contribution in [-0.2, 0) is 6.18 Å². The number of benzene rings is 1. The number of carbonyl (C=O) groups is 1. The number of nitrogens with zero attached hydrogens (tertiary/aromatic N) is 3. The summed E-state index contributed by atoms with van der Waals surface area (Å²) < 4.78 is 41.7. The Kier molecular flexibility index (Phi) is 4.76. The molecule has 0 spiro atoms. The molecule has 0 aliphatic carbocycles. The molecule has 1 aliphatic heterocycles. The lowest BCUT2D eigenvalue weighted by molar-refractivity contribution is -0.159. The summed E-state index contributed by atoms with van der Waals surface area (Å²) in [5.41, 5.74) is 6.48. The Labute approximate surface area is 141 Å². The predicted octanol–water partition coefficient (Wildman–Crippen LogP) is 2.57. The number of amides is 1. The SMILES string of the molecule is NC[C@@H]1CCCN(C(=O)c2ccc(-c3noc(C(F)(F)F)n3)cc2)C1. The number of hydrogen-bond donors (Lipinski definition) is 1. The molecule has 6 nitrogen and oxygen atoms in total. The van der Waals surface area contributed by atoms with Gasteiger partial charge in [0, 0.05) is 24.2 Å². The molecule has 2 N–H and O–H groups in total. The van der Waals surface area contributed by atoms with Gasteiger partial charge in [-0.3, -0.25) is 4.79 Å². The van der Waals surface area contributed by atoms with Crippen molar-refractivity contribution in [2.45, 2.75) is 19.0 Å². The Morgan fingerprint density at radius 1 is 1.32 bits per heavy atom. The van der Waals surface area contributed by atoms with E-state index in [9.17, 15) is 18.0 Å². The van der Waals surface area contributed by atoms with Gasteiger partial charge in [-0.1, -0.05) is 17.3 Å². The third-order valence-electron chi connectivity index (χ3n) is 4.20. The molecule has 0 bridgehead atoms. The van der Waals surface area contributed by atoms with E-state index in [0.717, 1.165) is 12.8 Å². The van der Waals surface area contributed by atoms with E-state index in [0.29, 0.717) is 36.7 Å². The van der Waals surface area contributed by atoms with Crippen molar-refractivity contribution in [3.05, 3.63) is 35.7 Å². The quantitative estimate of drug-likeness (QED) is 0.916. The van der Waals surface area contributed by atoms with Crippen molar-refractivity contribution >= 4 is 5.91 Å². The lowest BCUT2D eigenvalue weighted by Gasteiger charge is -2.32. The zero-order valence-electron chi connectivity index (χ0n) is 13.3. The van der Waals surface area contributed by atoms with Crippen LogP contribution in [0.4, 0.5) is 13.2 Å². The molecule has 1 aliphatic rings. The van der Waals surface area contributed by atoms with Gasteiger partial charge in [-0.2, -0.15) is 18.2 Å². The van der Waals surface area contributed by atoms with Gasteiger partial charge in [0.15, 0.2) is 0 Å². The fraction of sp³-hybridized carbons (Fsp3) is 0.438. The molecule has 1 aromatic carbocycles. The highest BCUT2D eigenvalue weighted by molar-refractivity contribution is 5.94. The minimum Gasteiger partial charge on any atom is -0.338 e. The number of hydrogen-bond acceptors (Lipinski definition) is 5. The van der Waals surface area contributed by atoms with Crippen LogP contribution in [0.5, 0.6) is 0 Å². The van der Waals surface area contributed by atoms with Crippen molar-refractivity contribution in [3.63, 3.8) is 0 Å². The van der Waals surface area contributed by atoms with Crippen LogP contribution in [0.2, 0.25) is 0 Å². The molecule has 1 atom stereocenters. The van der Waals surface area contributed by atoms with Crippen LogP contribution in [0.3, 0.4) is 0 Å². The van der Waals surface area contributed by atoms with Gasteiger partial charge >= 0.3 is 12.1 Å². The van der Waals surface area contributed by atoms with Crippen LogP contribution in [0.25, 0.3) is 11.4 Å². The first-order valence-electron chi connectivity index (χ1n) is 7.89. The zero-order chi connectivity index (χ0) is 18.0. The van der Waals surface area contributed by atoms with Crippen molar-refractivity contribution in [3.8, 4) is 11.4 Å². The van der Waals surface area contributed by atoms with Crippen molar-refractivity contribution in [1.29, 1.82) is 0 Å². The number of halogens is 3. The van der Waals surface area contributed by atoms with Gasteiger partial charge in [0.05, 0.1) is 0 Å². The van der Waals surface area contributed by atoms with Crippen LogP contribution < -0.4 is 5.73 Å². The second-order valence-corrected chi connectivity index (χ2v) is 5.99. The minimum atomic E-state index is -4.69. The van der Waals surface area contributed by atoms with E-state index in [1.165, 1.54) is 12.1 Å². The van der Waals surface area contributed by atoms with Gasteiger partial charge in [-0.25, -0.2) is 0 Å². The summed E-state index contributed by atoms with van der Waals surface area (Å²) >= 11 is 0. The zero-order valence-corrected chi connectivity index (χ0v) is 13.3. The Hall–Kier alpha value is -2.42. The van der Waals surface area contributed by atoms with Crippen molar-refractivity contribution in [2.24, 2.45) is 11.7 Å². The van der Waals surface area contributed by atoms with Crippen molar-refractivity contribution in [2.75, 3.05) is 19.6 Å². The summed E-state index contributed by atoms with van der Waals surface area (Å²) in [4.78, 5) is 17.6. The highest BCUT2D eigenvalue weighted by atomic mass is 19.4. The van der Waals surface area contributed by atoms with Gasteiger partial charge in [0.1, 0.15) is 0 Å². The molecular formula is C16H17F3N4O2. The molecule has 1 saturated heterocycles. The predicted molar refractivity (Wildman–Crippen MR) is 82.4 cm³/mol. The molecule has 9 heteroatoms. The maximum absolute atomic E-state index is 12.5. The molecule has 1 fully saturated rings. The third-order valence-corrected chi connectivity index (χ3v) is 4.20. The van der Waals surface area contributed by atoms with E-state index in [1.807, 2.05) is 0 Å². The first-order chi connectivity index (χ1) is 11.9. The second kappa shape index (κ2) is 6.83. The standard InChI is InChI=1S/C16H17F3N4O2/c17-16(18,19)15-21-13(22-25-15)11-3-5-12(6-4-11)14(24)23-7-1-2-10(8-20)9-23/h3-6,10H,1-2,7-9,20H2/t10-/m0/s1. The fourth-order valence-electron chi connectivity index (χ4n) is 2.84. The van der Waals surface area contributed by atoms with Crippen LogP contribution in [0.15, 0.2) is 28.8 Å². The average molecular weight is 354 g/mol. The molecule has 0 unspecified atom stereocenters. The lowest BCUT2D eigenvalue weighted by atomic mass is 9.97. The third kappa shape index (κ3) is 3.81. The highest BCUT2D eigenvalue weighted by Gasteiger charge is 2.38. The molecule has 1 aromatic heterocycles. The molecule has 0 saturated carbocycles. The van der Waals surface area contributed by atoms with Gasteiger partial charge < -0.3 is 15.2 Å². The summed E-state index contributed by atoms with van der Waals surface area (Å²) in [5, 5.41) is 3.32. The first-order valence-corrected chi connectivity index (χ1v) is 7.89. The molecule has 134 valence electrons. The van der Waals surface area contributed by atoms with Crippen molar-refractivity contribution < 1.29 is 22.5 Å². The largest absolute Gasteiger partial charge is 0.471 e. The molecule has 0 radical (unpaired) electrons. The fourth-order valence-corrected chi connectivity index (χ4v) is 2.84. The van der Waals surface area contributed by atoms with Crippen LogP contribution in [0.1, 0.15) is 29.1 Å². The molecule has 25 heavy (non-hydrogen) atoms. The molecule has 2 heterocycles. The maximum Gasteiger partial charge on any atom is 0.471 e. The van der Waals surface area contributed by atoms with Crippen molar-refractivity contribution in [1.82, 2.24) is 15.0 Å². The number of carbonyl (C=O) groups excluding carboxylic acids is 1. The minimum absolute atomic E-state index is 0.117.